The van der Waals surface area contributed by atoms with Crippen LogP contribution in [0.15, 0.2) is 18.2 Å². The molecule has 15 heavy (non-hydrogen) atoms. The van der Waals surface area contributed by atoms with Gasteiger partial charge in [0.1, 0.15) is 5.82 Å². The van der Waals surface area contributed by atoms with Gasteiger partial charge in [0, 0.05) is 18.3 Å². The fraction of sp³-hybridized carbons (Fsp3) is 0.300. The number of nitrogens with one attached hydrogen (secondary N) is 1. The first-order chi connectivity index (χ1) is 7.04. The first-order valence-electron chi connectivity index (χ1n) is 4.60. The van der Waals surface area contributed by atoms with E-state index in [0.29, 0.717) is 12.2 Å². The highest BCUT2D eigenvalue weighted by atomic mass is 19.1. The van der Waals surface area contributed by atoms with Crippen LogP contribution >= 0.6 is 0 Å². The Balaban J connectivity index is 3.01. The van der Waals surface area contributed by atoms with Crippen LogP contribution in [-0.4, -0.2) is 18.5 Å². The third-order valence-electron chi connectivity index (χ3n) is 2.00. The van der Waals surface area contributed by atoms with E-state index in [9.17, 15) is 9.18 Å². The van der Waals surface area contributed by atoms with Crippen LogP contribution in [-0.2, 0) is 0 Å². The van der Waals surface area contributed by atoms with E-state index in [1.54, 1.807) is 0 Å². The normalized spacial score (nSPS) is 12.2. The summed E-state index contributed by atoms with van der Waals surface area (Å²) in [6.45, 7) is 2.27. The summed E-state index contributed by atoms with van der Waals surface area (Å²) in [5.74, 6) is -1.16. The molecule has 0 aliphatic rings. The Morgan fingerprint density at radius 2 is 2.27 bits per heavy atom. The van der Waals surface area contributed by atoms with Crippen molar-refractivity contribution < 1.29 is 9.18 Å². The number of hydrogen-bond acceptors (Lipinski definition) is 3. The number of rotatable bonds is 4. The van der Waals surface area contributed by atoms with Gasteiger partial charge in [-0.05, 0) is 25.1 Å². The average Bonchev–Trinajstić information content (AvgIpc) is 2.20. The van der Waals surface area contributed by atoms with Crippen LogP contribution in [0.1, 0.15) is 17.3 Å². The number of anilines is 1. The van der Waals surface area contributed by atoms with E-state index in [-0.39, 0.29) is 11.6 Å². The second kappa shape index (κ2) is 4.75. The lowest BCUT2D eigenvalue weighted by molar-refractivity contribution is 0.100. The van der Waals surface area contributed by atoms with Gasteiger partial charge >= 0.3 is 0 Å². The fourth-order valence-electron chi connectivity index (χ4n) is 1.17. The van der Waals surface area contributed by atoms with Gasteiger partial charge in [-0.3, -0.25) is 4.79 Å². The highest BCUT2D eigenvalue weighted by molar-refractivity contribution is 5.98. The smallest absolute Gasteiger partial charge is 0.250 e. The molecule has 0 spiro atoms. The molecule has 1 rings (SSSR count). The van der Waals surface area contributed by atoms with Gasteiger partial charge in [-0.25, -0.2) is 4.39 Å². The molecule has 82 valence electrons. The molecule has 1 amide bonds. The van der Waals surface area contributed by atoms with E-state index < -0.39 is 11.7 Å². The number of benzene rings is 1. The van der Waals surface area contributed by atoms with Gasteiger partial charge in [-0.1, -0.05) is 0 Å². The summed E-state index contributed by atoms with van der Waals surface area (Å²) in [6, 6.07) is 3.83. The van der Waals surface area contributed by atoms with Crippen molar-refractivity contribution >= 4 is 11.6 Å². The van der Waals surface area contributed by atoms with E-state index in [1.807, 2.05) is 6.92 Å². The Morgan fingerprint density at radius 3 is 2.80 bits per heavy atom. The van der Waals surface area contributed by atoms with Gasteiger partial charge in [-0.2, -0.15) is 0 Å². The number of carbonyl (C=O) groups excluding carboxylic acids is 1. The lowest BCUT2D eigenvalue weighted by atomic mass is 10.1. The number of nitrogens with two attached hydrogens (primary N) is 2. The zero-order valence-electron chi connectivity index (χ0n) is 8.46. The molecular formula is C10H14FN3O. The molecule has 1 atom stereocenters. The summed E-state index contributed by atoms with van der Waals surface area (Å²) < 4.78 is 12.9. The van der Waals surface area contributed by atoms with E-state index in [4.69, 9.17) is 11.5 Å². The highest BCUT2D eigenvalue weighted by Gasteiger charge is 2.10. The van der Waals surface area contributed by atoms with Gasteiger partial charge in [0.2, 0.25) is 0 Å². The fourth-order valence-corrected chi connectivity index (χ4v) is 1.17. The molecule has 0 bridgehead atoms. The maximum absolute atomic E-state index is 12.9. The van der Waals surface area contributed by atoms with Crippen LogP contribution in [0.3, 0.4) is 0 Å². The molecule has 0 heterocycles. The first-order valence-corrected chi connectivity index (χ1v) is 4.60. The molecule has 5 heteroatoms. The third-order valence-corrected chi connectivity index (χ3v) is 2.00. The Labute approximate surface area is 87.4 Å². The second-order valence-electron chi connectivity index (χ2n) is 3.34. The molecule has 1 aromatic rings. The minimum atomic E-state index is -0.666. The lowest BCUT2D eigenvalue weighted by Crippen LogP contribution is -2.27. The number of hydrogen-bond donors (Lipinski definition) is 3. The van der Waals surface area contributed by atoms with E-state index >= 15 is 0 Å². The Morgan fingerprint density at radius 1 is 1.60 bits per heavy atom. The summed E-state index contributed by atoms with van der Waals surface area (Å²) in [4.78, 5) is 11.0. The van der Waals surface area contributed by atoms with Crippen LogP contribution in [0.25, 0.3) is 0 Å². The van der Waals surface area contributed by atoms with Gasteiger partial charge in [0.05, 0.1) is 5.56 Å². The van der Waals surface area contributed by atoms with Crippen LogP contribution in [0, 0.1) is 5.82 Å². The molecule has 0 radical (unpaired) electrons. The minimum absolute atomic E-state index is 0.00596. The minimum Gasteiger partial charge on any atom is -0.381 e. The SMILES string of the molecule is CC(CN)Nc1ccc(F)cc1C(N)=O. The lowest BCUT2D eigenvalue weighted by Gasteiger charge is -2.15. The van der Waals surface area contributed by atoms with Gasteiger partial charge in [0.25, 0.3) is 5.91 Å². The van der Waals surface area contributed by atoms with Crippen molar-refractivity contribution in [1.82, 2.24) is 0 Å². The Hall–Kier alpha value is -1.62. The van der Waals surface area contributed by atoms with Crippen LogP contribution in [0.2, 0.25) is 0 Å². The molecule has 4 nitrogen and oxygen atoms in total. The predicted molar refractivity (Wildman–Crippen MR) is 57.1 cm³/mol. The van der Waals surface area contributed by atoms with Crippen molar-refractivity contribution in [2.45, 2.75) is 13.0 Å². The molecule has 0 aliphatic heterocycles. The monoisotopic (exact) mass is 211 g/mol. The topological polar surface area (TPSA) is 81.1 Å². The maximum atomic E-state index is 12.9. The number of primary amides is 1. The molecule has 0 fully saturated rings. The molecule has 0 aromatic heterocycles. The molecule has 1 aromatic carbocycles. The number of amides is 1. The van der Waals surface area contributed by atoms with Crippen LogP contribution in [0.4, 0.5) is 10.1 Å². The summed E-state index contributed by atoms with van der Waals surface area (Å²) in [7, 11) is 0. The van der Waals surface area contributed by atoms with Crippen molar-refractivity contribution in [3.63, 3.8) is 0 Å². The van der Waals surface area contributed by atoms with Crippen molar-refractivity contribution in [2.75, 3.05) is 11.9 Å². The summed E-state index contributed by atoms with van der Waals surface area (Å²) >= 11 is 0. The van der Waals surface area contributed by atoms with Crippen molar-refractivity contribution in [3.8, 4) is 0 Å². The van der Waals surface area contributed by atoms with Crippen molar-refractivity contribution in [2.24, 2.45) is 11.5 Å². The van der Waals surface area contributed by atoms with E-state index in [2.05, 4.69) is 5.32 Å². The van der Waals surface area contributed by atoms with Crippen LogP contribution in [0.5, 0.6) is 0 Å². The summed E-state index contributed by atoms with van der Waals surface area (Å²) in [6.07, 6.45) is 0. The van der Waals surface area contributed by atoms with Crippen LogP contribution < -0.4 is 16.8 Å². The molecule has 0 saturated heterocycles. The Kier molecular flexibility index (Phi) is 3.62. The molecule has 5 N–H and O–H groups in total. The molecular weight excluding hydrogens is 197 g/mol. The summed E-state index contributed by atoms with van der Waals surface area (Å²) in [5.41, 5.74) is 11.2. The zero-order chi connectivity index (χ0) is 11.4. The van der Waals surface area contributed by atoms with E-state index in [1.165, 1.54) is 12.1 Å². The van der Waals surface area contributed by atoms with Crippen molar-refractivity contribution in [3.05, 3.63) is 29.6 Å². The summed E-state index contributed by atoms with van der Waals surface area (Å²) in [5, 5.41) is 2.98. The number of carbonyl (C=O) groups is 1. The standard InChI is InChI=1S/C10H14FN3O/c1-6(5-12)14-9-3-2-7(11)4-8(9)10(13)15/h2-4,6,14H,5,12H2,1H3,(H2,13,15). The highest BCUT2D eigenvalue weighted by Crippen LogP contribution is 2.17. The Bertz CT molecular complexity index is 368. The maximum Gasteiger partial charge on any atom is 0.250 e. The van der Waals surface area contributed by atoms with Gasteiger partial charge < -0.3 is 16.8 Å². The average molecular weight is 211 g/mol. The predicted octanol–water partition coefficient (Wildman–Crippen LogP) is 0.684. The second-order valence-corrected chi connectivity index (χ2v) is 3.34. The molecule has 0 aliphatic carbocycles. The third kappa shape index (κ3) is 2.92. The number of halogens is 1. The van der Waals surface area contributed by atoms with Crippen molar-refractivity contribution in [1.29, 1.82) is 0 Å². The quantitative estimate of drug-likeness (QED) is 0.685. The van der Waals surface area contributed by atoms with Gasteiger partial charge in [0.15, 0.2) is 0 Å². The zero-order valence-corrected chi connectivity index (χ0v) is 8.46. The largest absolute Gasteiger partial charge is 0.381 e. The van der Waals surface area contributed by atoms with E-state index in [0.717, 1.165) is 6.07 Å². The molecule has 1 unspecified atom stereocenters. The first kappa shape index (κ1) is 11.5. The molecule has 0 saturated carbocycles. The van der Waals surface area contributed by atoms with Gasteiger partial charge in [-0.15, -0.1) is 0 Å².